The third-order valence-electron chi connectivity index (χ3n) is 3.93. The van der Waals surface area contributed by atoms with E-state index < -0.39 is 11.8 Å². The van der Waals surface area contributed by atoms with E-state index in [4.69, 9.17) is 0 Å². The lowest BCUT2D eigenvalue weighted by Gasteiger charge is -2.13. The first-order chi connectivity index (χ1) is 9.96. The Kier molecular flexibility index (Phi) is 4.63. The molecule has 0 atom stereocenters. The highest BCUT2D eigenvalue weighted by atomic mass is 16.3. The van der Waals surface area contributed by atoms with E-state index in [0.717, 1.165) is 18.4 Å². The molecule has 0 heterocycles. The van der Waals surface area contributed by atoms with Crippen molar-refractivity contribution in [2.75, 3.05) is 18.5 Å². The standard InChI is InChI=1S/C16H22N2O3/c1-11(2)12-4-3-5-13(8-12)18-15(21)14(20)17-9-16(10-19)6-7-16/h3-5,8,11,19H,6-7,9-10H2,1-2H3,(H,17,20)(H,18,21). The highest BCUT2D eigenvalue weighted by Crippen LogP contribution is 2.44. The van der Waals surface area contributed by atoms with Gasteiger partial charge in [-0.1, -0.05) is 26.0 Å². The molecule has 1 saturated carbocycles. The van der Waals surface area contributed by atoms with Gasteiger partial charge in [-0.15, -0.1) is 0 Å². The number of nitrogens with one attached hydrogen (secondary N) is 2. The number of benzene rings is 1. The van der Waals surface area contributed by atoms with Crippen LogP contribution in [0.2, 0.25) is 0 Å². The number of carbonyl (C=O) groups is 2. The number of hydrogen-bond donors (Lipinski definition) is 3. The summed E-state index contributed by atoms with van der Waals surface area (Å²) in [5.74, 6) is -0.982. The molecule has 0 aliphatic heterocycles. The van der Waals surface area contributed by atoms with Crippen LogP contribution in [0.5, 0.6) is 0 Å². The number of rotatable bonds is 5. The lowest BCUT2D eigenvalue weighted by molar-refractivity contribution is -0.136. The van der Waals surface area contributed by atoms with Crippen LogP contribution in [0.4, 0.5) is 5.69 Å². The molecule has 114 valence electrons. The van der Waals surface area contributed by atoms with Gasteiger partial charge in [0, 0.05) is 17.6 Å². The predicted octanol–water partition coefficient (Wildman–Crippen LogP) is 1.64. The quantitative estimate of drug-likeness (QED) is 0.721. The third-order valence-corrected chi connectivity index (χ3v) is 3.93. The minimum atomic E-state index is -0.676. The van der Waals surface area contributed by atoms with Crippen molar-refractivity contribution in [3.05, 3.63) is 29.8 Å². The maximum absolute atomic E-state index is 11.8. The molecule has 5 heteroatoms. The largest absolute Gasteiger partial charge is 0.396 e. The first kappa shape index (κ1) is 15.5. The zero-order valence-corrected chi connectivity index (χ0v) is 12.5. The van der Waals surface area contributed by atoms with E-state index >= 15 is 0 Å². The zero-order valence-electron chi connectivity index (χ0n) is 12.5. The number of hydrogen-bond acceptors (Lipinski definition) is 3. The molecule has 2 amide bonds. The van der Waals surface area contributed by atoms with Gasteiger partial charge in [0.2, 0.25) is 0 Å². The average Bonchev–Trinajstić information content (AvgIpc) is 3.25. The van der Waals surface area contributed by atoms with Crippen molar-refractivity contribution in [2.24, 2.45) is 5.41 Å². The molecule has 0 unspecified atom stereocenters. The van der Waals surface area contributed by atoms with Crippen LogP contribution < -0.4 is 10.6 Å². The minimum absolute atomic E-state index is 0.0470. The second kappa shape index (κ2) is 6.26. The van der Waals surface area contributed by atoms with Gasteiger partial charge in [-0.25, -0.2) is 0 Å². The van der Waals surface area contributed by atoms with Crippen LogP contribution in [0, 0.1) is 5.41 Å². The molecule has 0 saturated heterocycles. The lowest BCUT2D eigenvalue weighted by atomic mass is 10.0. The summed E-state index contributed by atoms with van der Waals surface area (Å²) in [6.07, 6.45) is 1.78. The molecule has 1 fully saturated rings. The molecule has 1 aromatic carbocycles. The van der Waals surface area contributed by atoms with Gasteiger partial charge in [0.05, 0.1) is 6.61 Å². The summed E-state index contributed by atoms with van der Waals surface area (Å²) in [4.78, 5) is 23.6. The van der Waals surface area contributed by atoms with Crippen LogP contribution in [0.3, 0.4) is 0 Å². The van der Waals surface area contributed by atoms with Crippen molar-refractivity contribution in [1.29, 1.82) is 0 Å². The predicted molar refractivity (Wildman–Crippen MR) is 80.9 cm³/mol. The summed E-state index contributed by atoms with van der Waals surface area (Å²) in [6.45, 7) is 4.53. The van der Waals surface area contributed by atoms with E-state index in [1.54, 1.807) is 6.07 Å². The Morgan fingerprint density at radius 2 is 2.00 bits per heavy atom. The summed E-state index contributed by atoms with van der Waals surface area (Å²) in [5, 5.41) is 14.4. The van der Waals surface area contributed by atoms with Crippen molar-refractivity contribution in [1.82, 2.24) is 5.32 Å². The van der Waals surface area contributed by atoms with Gasteiger partial charge in [-0.2, -0.15) is 0 Å². The summed E-state index contributed by atoms with van der Waals surface area (Å²) in [6, 6.07) is 7.46. The van der Waals surface area contributed by atoms with Gasteiger partial charge in [-0.3, -0.25) is 9.59 Å². The molecular weight excluding hydrogens is 268 g/mol. The third kappa shape index (κ3) is 4.04. The fraction of sp³-hybridized carbons (Fsp3) is 0.500. The lowest BCUT2D eigenvalue weighted by Crippen LogP contribution is -2.39. The second-order valence-corrected chi connectivity index (χ2v) is 6.08. The maximum atomic E-state index is 11.8. The van der Waals surface area contributed by atoms with Gasteiger partial charge >= 0.3 is 11.8 Å². The van der Waals surface area contributed by atoms with Gasteiger partial charge < -0.3 is 15.7 Å². The molecule has 2 rings (SSSR count). The summed E-state index contributed by atoms with van der Waals surface area (Å²) < 4.78 is 0. The van der Waals surface area contributed by atoms with Crippen molar-refractivity contribution in [2.45, 2.75) is 32.6 Å². The normalized spacial score (nSPS) is 15.6. The Hall–Kier alpha value is -1.88. The molecule has 1 aliphatic rings. The zero-order chi connectivity index (χ0) is 15.5. The SMILES string of the molecule is CC(C)c1cccc(NC(=O)C(=O)NCC2(CO)CC2)c1. The van der Waals surface area contributed by atoms with Crippen LogP contribution in [0.25, 0.3) is 0 Å². The highest BCUT2D eigenvalue weighted by molar-refractivity contribution is 6.39. The summed E-state index contributed by atoms with van der Waals surface area (Å²) >= 11 is 0. The van der Waals surface area contributed by atoms with Crippen molar-refractivity contribution in [3.63, 3.8) is 0 Å². The van der Waals surface area contributed by atoms with Crippen molar-refractivity contribution >= 4 is 17.5 Å². The Bertz CT molecular complexity index is 536. The molecule has 0 spiro atoms. The molecule has 0 bridgehead atoms. The Morgan fingerprint density at radius 1 is 1.29 bits per heavy atom. The summed E-state index contributed by atoms with van der Waals surface area (Å²) in [7, 11) is 0. The molecular formula is C16H22N2O3. The van der Waals surface area contributed by atoms with Crippen LogP contribution in [-0.4, -0.2) is 30.1 Å². The van der Waals surface area contributed by atoms with Crippen molar-refractivity contribution in [3.8, 4) is 0 Å². The Morgan fingerprint density at radius 3 is 2.57 bits per heavy atom. The van der Waals surface area contributed by atoms with E-state index in [2.05, 4.69) is 24.5 Å². The molecule has 1 aliphatic carbocycles. The van der Waals surface area contributed by atoms with Gasteiger partial charge in [0.1, 0.15) is 0 Å². The van der Waals surface area contributed by atoms with E-state index in [1.165, 1.54) is 0 Å². The molecule has 3 N–H and O–H groups in total. The van der Waals surface area contributed by atoms with E-state index in [-0.39, 0.29) is 12.0 Å². The Labute approximate surface area is 124 Å². The Balaban J connectivity index is 1.88. The number of aliphatic hydroxyl groups excluding tert-OH is 1. The number of amides is 2. The van der Waals surface area contributed by atoms with Gasteiger partial charge in [0.25, 0.3) is 0 Å². The monoisotopic (exact) mass is 290 g/mol. The molecule has 5 nitrogen and oxygen atoms in total. The first-order valence-electron chi connectivity index (χ1n) is 7.26. The van der Waals surface area contributed by atoms with Gasteiger partial charge in [0.15, 0.2) is 0 Å². The maximum Gasteiger partial charge on any atom is 0.313 e. The average molecular weight is 290 g/mol. The van der Waals surface area contributed by atoms with Gasteiger partial charge in [-0.05, 0) is 36.5 Å². The fourth-order valence-corrected chi connectivity index (χ4v) is 2.08. The molecule has 0 aromatic heterocycles. The second-order valence-electron chi connectivity index (χ2n) is 6.08. The van der Waals surface area contributed by atoms with Crippen LogP contribution in [-0.2, 0) is 9.59 Å². The molecule has 1 aromatic rings. The van der Waals surface area contributed by atoms with E-state index in [9.17, 15) is 14.7 Å². The molecule has 0 radical (unpaired) electrons. The first-order valence-corrected chi connectivity index (χ1v) is 7.26. The van der Waals surface area contributed by atoms with E-state index in [0.29, 0.717) is 18.2 Å². The van der Waals surface area contributed by atoms with Crippen LogP contribution >= 0.6 is 0 Å². The van der Waals surface area contributed by atoms with Crippen molar-refractivity contribution < 1.29 is 14.7 Å². The smallest absolute Gasteiger partial charge is 0.313 e. The molecule has 21 heavy (non-hydrogen) atoms. The summed E-state index contributed by atoms with van der Waals surface area (Å²) in [5.41, 5.74) is 1.52. The number of aliphatic hydroxyl groups is 1. The highest BCUT2D eigenvalue weighted by Gasteiger charge is 2.42. The van der Waals surface area contributed by atoms with E-state index in [1.807, 2.05) is 18.2 Å². The van der Waals surface area contributed by atoms with Crippen LogP contribution in [0.15, 0.2) is 24.3 Å². The number of carbonyl (C=O) groups excluding carboxylic acids is 2. The fourth-order valence-electron chi connectivity index (χ4n) is 2.08. The number of anilines is 1. The topological polar surface area (TPSA) is 78.4 Å². The van der Waals surface area contributed by atoms with Crippen LogP contribution in [0.1, 0.15) is 38.2 Å². The minimum Gasteiger partial charge on any atom is -0.396 e.